The molecule has 4 rings (SSSR count). The number of aryl methyl sites for hydroxylation is 1. The molecule has 0 aliphatic carbocycles. The van der Waals surface area contributed by atoms with Crippen LogP contribution in [0.1, 0.15) is 53.5 Å². The van der Waals surface area contributed by atoms with Gasteiger partial charge in [-0.2, -0.15) is 10.2 Å². The Hall–Kier alpha value is -2.97. The van der Waals surface area contributed by atoms with Gasteiger partial charge in [-0.25, -0.2) is 0 Å². The summed E-state index contributed by atoms with van der Waals surface area (Å²) >= 11 is 0. The molecule has 1 aliphatic heterocycles. The fourth-order valence-corrected chi connectivity index (χ4v) is 3.68. The number of likely N-dealkylation sites (tertiary alicyclic amines) is 1. The van der Waals surface area contributed by atoms with Gasteiger partial charge < -0.3 is 9.47 Å². The molecule has 1 fully saturated rings. The van der Waals surface area contributed by atoms with Crippen molar-refractivity contribution in [1.29, 1.82) is 0 Å². The molecule has 0 bridgehead atoms. The summed E-state index contributed by atoms with van der Waals surface area (Å²) in [6.45, 7) is 6.86. The molecule has 0 spiro atoms. The van der Waals surface area contributed by atoms with E-state index < -0.39 is 0 Å². The summed E-state index contributed by atoms with van der Waals surface area (Å²) in [6.07, 6.45) is 5.46. The first-order chi connectivity index (χ1) is 13.2. The molecule has 0 atom stereocenters. The van der Waals surface area contributed by atoms with E-state index in [1.54, 1.807) is 12.3 Å². The standard InChI is InChI=1S/C18H24N8O/c1-3-26-16(12-25-8-4-7-19-25)22-23-17(26)14-5-9-24(10-6-14)18(27)15-11-13(2)20-21-15/h4,7-8,11,14H,3,5-6,9-10,12H2,1-2H3,(H,20,21). The number of hydrogen-bond donors (Lipinski definition) is 1. The maximum atomic E-state index is 12.6. The summed E-state index contributed by atoms with van der Waals surface area (Å²) in [4.78, 5) is 14.4. The molecule has 27 heavy (non-hydrogen) atoms. The van der Waals surface area contributed by atoms with Crippen molar-refractivity contribution in [2.75, 3.05) is 13.1 Å². The normalized spacial score (nSPS) is 15.4. The number of carbonyl (C=O) groups is 1. The maximum Gasteiger partial charge on any atom is 0.274 e. The lowest BCUT2D eigenvalue weighted by molar-refractivity contribution is 0.0704. The Labute approximate surface area is 157 Å². The van der Waals surface area contributed by atoms with Gasteiger partial charge in [0.1, 0.15) is 18.1 Å². The zero-order chi connectivity index (χ0) is 18.8. The van der Waals surface area contributed by atoms with Crippen LogP contribution in [-0.2, 0) is 13.1 Å². The number of piperidine rings is 1. The van der Waals surface area contributed by atoms with Crippen LogP contribution in [0.15, 0.2) is 24.5 Å². The van der Waals surface area contributed by atoms with Crippen LogP contribution in [0.25, 0.3) is 0 Å². The molecule has 142 valence electrons. The summed E-state index contributed by atoms with van der Waals surface area (Å²) in [5, 5.41) is 20.0. The van der Waals surface area contributed by atoms with Gasteiger partial charge in [-0.05, 0) is 38.8 Å². The monoisotopic (exact) mass is 368 g/mol. The van der Waals surface area contributed by atoms with Crippen molar-refractivity contribution in [3.8, 4) is 0 Å². The second-order valence-electron chi connectivity index (χ2n) is 6.92. The highest BCUT2D eigenvalue weighted by Crippen LogP contribution is 2.28. The largest absolute Gasteiger partial charge is 0.337 e. The summed E-state index contributed by atoms with van der Waals surface area (Å²) in [5.74, 6) is 2.24. The molecule has 4 heterocycles. The predicted molar refractivity (Wildman–Crippen MR) is 98.2 cm³/mol. The SMILES string of the molecule is CCn1c(Cn2cccn2)nnc1C1CCN(C(=O)c2cc(C)[nH]n2)CC1. The van der Waals surface area contributed by atoms with Crippen molar-refractivity contribution in [2.24, 2.45) is 0 Å². The predicted octanol–water partition coefficient (Wildman–Crippen LogP) is 1.59. The van der Waals surface area contributed by atoms with E-state index in [1.807, 2.05) is 28.8 Å². The molecular weight excluding hydrogens is 344 g/mol. The van der Waals surface area contributed by atoms with Crippen molar-refractivity contribution >= 4 is 5.91 Å². The second-order valence-corrected chi connectivity index (χ2v) is 6.92. The van der Waals surface area contributed by atoms with Gasteiger partial charge in [-0.1, -0.05) is 0 Å². The van der Waals surface area contributed by atoms with Crippen molar-refractivity contribution in [3.05, 3.63) is 47.6 Å². The number of hydrogen-bond acceptors (Lipinski definition) is 5. The van der Waals surface area contributed by atoms with Crippen LogP contribution in [0.2, 0.25) is 0 Å². The van der Waals surface area contributed by atoms with E-state index in [1.165, 1.54) is 0 Å². The number of aromatic amines is 1. The highest BCUT2D eigenvalue weighted by atomic mass is 16.2. The average Bonchev–Trinajstić information content (AvgIpc) is 3.43. The number of H-pyrrole nitrogens is 1. The fraction of sp³-hybridized carbons (Fsp3) is 0.500. The van der Waals surface area contributed by atoms with Gasteiger partial charge in [0.2, 0.25) is 0 Å². The molecule has 3 aromatic rings. The van der Waals surface area contributed by atoms with Gasteiger partial charge in [-0.3, -0.25) is 14.6 Å². The lowest BCUT2D eigenvalue weighted by Gasteiger charge is -2.31. The van der Waals surface area contributed by atoms with Crippen LogP contribution in [0.3, 0.4) is 0 Å². The molecule has 0 aromatic carbocycles. The third-order valence-electron chi connectivity index (χ3n) is 5.11. The smallest absolute Gasteiger partial charge is 0.274 e. The summed E-state index contributed by atoms with van der Waals surface area (Å²) in [5.41, 5.74) is 1.39. The van der Waals surface area contributed by atoms with Gasteiger partial charge in [0, 0.05) is 43.6 Å². The molecule has 0 unspecified atom stereocenters. The van der Waals surface area contributed by atoms with Gasteiger partial charge in [-0.15, -0.1) is 10.2 Å². The van der Waals surface area contributed by atoms with Crippen molar-refractivity contribution in [1.82, 2.24) is 39.6 Å². The Bertz CT molecular complexity index is 902. The zero-order valence-electron chi connectivity index (χ0n) is 15.7. The van der Waals surface area contributed by atoms with Gasteiger partial charge in [0.25, 0.3) is 5.91 Å². The molecule has 0 saturated carbocycles. The van der Waals surface area contributed by atoms with E-state index in [9.17, 15) is 4.79 Å². The quantitative estimate of drug-likeness (QED) is 0.738. The number of amides is 1. The third kappa shape index (κ3) is 3.49. The van der Waals surface area contributed by atoms with Crippen LogP contribution >= 0.6 is 0 Å². The molecular formula is C18H24N8O. The molecule has 9 heteroatoms. The third-order valence-corrected chi connectivity index (χ3v) is 5.11. The van der Waals surface area contributed by atoms with Crippen LogP contribution in [0, 0.1) is 6.92 Å². The molecule has 1 saturated heterocycles. The zero-order valence-corrected chi connectivity index (χ0v) is 15.7. The summed E-state index contributed by atoms with van der Waals surface area (Å²) in [6, 6.07) is 3.70. The number of nitrogens with one attached hydrogen (secondary N) is 1. The van der Waals surface area contributed by atoms with E-state index in [-0.39, 0.29) is 5.91 Å². The van der Waals surface area contributed by atoms with Crippen LogP contribution in [0.5, 0.6) is 0 Å². The topological polar surface area (TPSA) is 97.5 Å². The number of aromatic nitrogens is 7. The van der Waals surface area contributed by atoms with Crippen molar-refractivity contribution in [3.63, 3.8) is 0 Å². The highest BCUT2D eigenvalue weighted by molar-refractivity contribution is 5.92. The first-order valence-corrected chi connectivity index (χ1v) is 9.36. The van der Waals surface area contributed by atoms with E-state index >= 15 is 0 Å². The lowest BCUT2D eigenvalue weighted by atomic mass is 9.95. The minimum absolute atomic E-state index is 0.00544. The van der Waals surface area contributed by atoms with Crippen molar-refractivity contribution in [2.45, 2.75) is 45.7 Å². The Morgan fingerprint density at radius 1 is 1.30 bits per heavy atom. The van der Waals surface area contributed by atoms with Crippen LogP contribution in [-0.4, -0.2) is 58.6 Å². The maximum absolute atomic E-state index is 12.6. The number of rotatable bonds is 5. The Balaban J connectivity index is 1.43. The molecule has 0 radical (unpaired) electrons. The van der Waals surface area contributed by atoms with Gasteiger partial charge in [0.15, 0.2) is 5.82 Å². The molecule has 1 N–H and O–H groups in total. The lowest BCUT2D eigenvalue weighted by Crippen LogP contribution is -2.38. The summed E-state index contributed by atoms with van der Waals surface area (Å²) in [7, 11) is 0. The Morgan fingerprint density at radius 3 is 2.74 bits per heavy atom. The average molecular weight is 368 g/mol. The van der Waals surface area contributed by atoms with E-state index in [0.29, 0.717) is 31.2 Å². The second kappa shape index (κ2) is 7.34. The molecule has 3 aromatic heterocycles. The number of nitrogens with zero attached hydrogens (tertiary/aromatic N) is 7. The fourth-order valence-electron chi connectivity index (χ4n) is 3.68. The van der Waals surface area contributed by atoms with Gasteiger partial charge in [0.05, 0.1) is 0 Å². The van der Waals surface area contributed by atoms with Crippen molar-refractivity contribution < 1.29 is 4.79 Å². The van der Waals surface area contributed by atoms with E-state index in [2.05, 4.69) is 37.0 Å². The number of carbonyl (C=O) groups excluding carboxylic acids is 1. The van der Waals surface area contributed by atoms with E-state index in [4.69, 9.17) is 0 Å². The van der Waals surface area contributed by atoms with E-state index in [0.717, 1.165) is 36.7 Å². The minimum Gasteiger partial charge on any atom is -0.337 e. The first-order valence-electron chi connectivity index (χ1n) is 9.36. The minimum atomic E-state index is -0.00544. The summed E-state index contributed by atoms with van der Waals surface area (Å²) < 4.78 is 4.04. The van der Waals surface area contributed by atoms with Gasteiger partial charge >= 0.3 is 0 Å². The first kappa shape index (κ1) is 17.4. The Morgan fingerprint density at radius 2 is 2.11 bits per heavy atom. The highest BCUT2D eigenvalue weighted by Gasteiger charge is 2.29. The molecule has 9 nitrogen and oxygen atoms in total. The molecule has 1 aliphatic rings. The molecule has 1 amide bonds. The van der Waals surface area contributed by atoms with Crippen LogP contribution < -0.4 is 0 Å². The van der Waals surface area contributed by atoms with Crippen LogP contribution in [0.4, 0.5) is 0 Å². The Kier molecular flexibility index (Phi) is 4.74.